The zero-order valence-electron chi connectivity index (χ0n) is 11.2. The van der Waals surface area contributed by atoms with Crippen LogP contribution < -0.4 is 5.73 Å². The van der Waals surface area contributed by atoms with Crippen molar-refractivity contribution in [2.45, 2.75) is 6.92 Å². The maximum Gasteiger partial charge on any atom is 0.129 e. The lowest BCUT2D eigenvalue weighted by molar-refractivity contribution is 0.779. The molecule has 3 rings (SSSR count). The van der Waals surface area contributed by atoms with E-state index in [9.17, 15) is 0 Å². The Bertz CT molecular complexity index is 772. The Morgan fingerprint density at radius 3 is 2.65 bits per heavy atom. The lowest BCUT2D eigenvalue weighted by atomic mass is 10.1. The van der Waals surface area contributed by atoms with Gasteiger partial charge in [0.15, 0.2) is 0 Å². The number of nitrogen functional groups attached to an aromatic ring is 1. The largest absolute Gasteiger partial charge is 0.383 e. The SMILES string of the molecule is Cc1nccn1-c1ccc(-c2cnn(C)c2N)cc1Cl. The lowest BCUT2D eigenvalue weighted by Crippen LogP contribution is -1.99. The van der Waals surface area contributed by atoms with Crippen molar-refractivity contribution in [1.82, 2.24) is 19.3 Å². The molecule has 20 heavy (non-hydrogen) atoms. The van der Waals surface area contributed by atoms with Gasteiger partial charge in [-0.2, -0.15) is 5.10 Å². The Kier molecular flexibility index (Phi) is 2.99. The van der Waals surface area contributed by atoms with Crippen LogP contribution >= 0.6 is 11.6 Å². The molecule has 0 bridgehead atoms. The van der Waals surface area contributed by atoms with E-state index in [1.165, 1.54) is 0 Å². The summed E-state index contributed by atoms with van der Waals surface area (Å²) in [5, 5.41) is 4.79. The molecule has 0 aliphatic rings. The van der Waals surface area contributed by atoms with E-state index in [0.29, 0.717) is 10.8 Å². The van der Waals surface area contributed by atoms with Crippen LogP contribution in [-0.4, -0.2) is 19.3 Å². The van der Waals surface area contributed by atoms with Crippen molar-refractivity contribution in [2.75, 3.05) is 5.73 Å². The Hall–Kier alpha value is -2.27. The van der Waals surface area contributed by atoms with Gasteiger partial charge in [-0.15, -0.1) is 0 Å². The number of hydrogen-bond acceptors (Lipinski definition) is 3. The predicted octanol–water partition coefficient (Wildman–Crippen LogP) is 2.82. The van der Waals surface area contributed by atoms with E-state index in [2.05, 4.69) is 10.1 Å². The second-order valence-corrected chi connectivity index (χ2v) is 4.98. The Morgan fingerprint density at radius 1 is 1.30 bits per heavy atom. The molecule has 1 aromatic carbocycles. The molecule has 0 saturated heterocycles. The minimum Gasteiger partial charge on any atom is -0.383 e. The first-order valence-corrected chi connectivity index (χ1v) is 6.53. The van der Waals surface area contributed by atoms with Gasteiger partial charge in [0, 0.05) is 25.0 Å². The predicted molar refractivity (Wildman–Crippen MR) is 79.9 cm³/mol. The molecule has 0 radical (unpaired) electrons. The number of rotatable bonds is 2. The molecule has 0 unspecified atom stereocenters. The van der Waals surface area contributed by atoms with Gasteiger partial charge < -0.3 is 10.3 Å². The van der Waals surface area contributed by atoms with Crippen LogP contribution in [0.2, 0.25) is 5.02 Å². The monoisotopic (exact) mass is 287 g/mol. The van der Waals surface area contributed by atoms with Gasteiger partial charge >= 0.3 is 0 Å². The summed E-state index contributed by atoms with van der Waals surface area (Å²) in [6.07, 6.45) is 5.37. The fourth-order valence-electron chi connectivity index (χ4n) is 2.17. The minimum absolute atomic E-state index is 0.618. The maximum absolute atomic E-state index is 6.39. The van der Waals surface area contributed by atoms with Crippen molar-refractivity contribution in [2.24, 2.45) is 7.05 Å². The summed E-state index contributed by atoms with van der Waals surface area (Å²) in [7, 11) is 1.81. The average molecular weight is 288 g/mol. The van der Waals surface area contributed by atoms with E-state index in [1.54, 1.807) is 17.1 Å². The molecule has 0 saturated carbocycles. The number of hydrogen-bond donors (Lipinski definition) is 1. The number of halogens is 1. The summed E-state index contributed by atoms with van der Waals surface area (Å²) in [4.78, 5) is 4.20. The van der Waals surface area contributed by atoms with Gasteiger partial charge in [-0.05, 0) is 24.6 Å². The van der Waals surface area contributed by atoms with Crippen molar-refractivity contribution in [3.63, 3.8) is 0 Å². The molecule has 2 N–H and O–H groups in total. The first kappa shape index (κ1) is 12.7. The molecule has 5 nitrogen and oxygen atoms in total. The van der Waals surface area contributed by atoms with E-state index < -0.39 is 0 Å². The van der Waals surface area contributed by atoms with Crippen molar-refractivity contribution >= 4 is 17.4 Å². The summed E-state index contributed by atoms with van der Waals surface area (Å²) in [5.41, 5.74) is 8.70. The van der Waals surface area contributed by atoms with Crippen molar-refractivity contribution < 1.29 is 0 Å². The molecule has 2 aromatic heterocycles. The Labute approximate surface area is 121 Å². The summed E-state index contributed by atoms with van der Waals surface area (Å²) in [6, 6.07) is 5.83. The first-order valence-electron chi connectivity index (χ1n) is 6.15. The molecule has 0 amide bonds. The zero-order chi connectivity index (χ0) is 14.3. The maximum atomic E-state index is 6.39. The molecule has 2 heterocycles. The van der Waals surface area contributed by atoms with Crippen LogP contribution in [0.3, 0.4) is 0 Å². The molecule has 102 valence electrons. The number of nitrogens with two attached hydrogens (primary N) is 1. The highest BCUT2D eigenvalue weighted by Gasteiger charge is 2.11. The highest BCUT2D eigenvalue weighted by molar-refractivity contribution is 6.32. The number of aryl methyl sites for hydroxylation is 2. The normalized spacial score (nSPS) is 10.9. The highest BCUT2D eigenvalue weighted by atomic mass is 35.5. The molecular formula is C14H14ClN5. The van der Waals surface area contributed by atoms with Gasteiger partial charge in [0.05, 0.1) is 16.9 Å². The quantitative estimate of drug-likeness (QED) is 0.788. The molecule has 3 aromatic rings. The van der Waals surface area contributed by atoms with E-state index in [1.807, 2.05) is 42.9 Å². The Morgan fingerprint density at radius 2 is 2.10 bits per heavy atom. The van der Waals surface area contributed by atoms with Gasteiger partial charge in [0.25, 0.3) is 0 Å². The number of aromatic nitrogens is 4. The summed E-state index contributed by atoms with van der Waals surface area (Å²) in [6.45, 7) is 1.93. The first-order chi connectivity index (χ1) is 9.58. The van der Waals surface area contributed by atoms with Crippen LogP contribution in [0.15, 0.2) is 36.8 Å². The smallest absolute Gasteiger partial charge is 0.129 e. The fourth-order valence-corrected chi connectivity index (χ4v) is 2.44. The fraction of sp³-hybridized carbons (Fsp3) is 0.143. The zero-order valence-corrected chi connectivity index (χ0v) is 12.0. The van der Waals surface area contributed by atoms with Gasteiger partial charge in [-0.3, -0.25) is 4.68 Å². The number of nitrogens with zero attached hydrogens (tertiary/aromatic N) is 4. The summed E-state index contributed by atoms with van der Waals surface area (Å²) in [5.74, 6) is 1.51. The van der Waals surface area contributed by atoms with Crippen molar-refractivity contribution in [3.8, 4) is 16.8 Å². The highest BCUT2D eigenvalue weighted by Crippen LogP contribution is 2.31. The average Bonchev–Trinajstić information content (AvgIpc) is 2.98. The number of benzene rings is 1. The second kappa shape index (κ2) is 4.68. The van der Waals surface area contributed by atoms with Crippen LogP contribution in [-0.2, 0) is 7.05 Å². The van der Waals surface area contributed by atoms with Crippen molar-refractivity contribution in [1.29, 1.82) is 0 Å². The van der Waals surface area contributed by atoms with E-state index in [-0.39, 0.29) is 0 Å². The van der Waals surface area contributed by atoms with Crippen LogP contribution in [0.1, 0.15) is 5.82 Å². The van der Waals surface area contributed by atoms with Crippen molar-refractivity contribution in [3.05, 3.63) is 47.6 Å². The summed E-state index contributed by atoms with van der Waals surface area (Å²) < 4.78 is 3.58. The number of imidazole rings is 1. The van der Waals surface area contributed by atoms with Crippen LogP contribution in [0.25, 0.3) is 16.8 Å². The van der Waals surface area contributed by atoms with Gasteiger partial charge in [0.1, 0.15) is 11.6 Å². The standard InChI is InChI=1S/C14H14ClN5/c1-9-17-5-6-20(9)13-4-3-10(7-12(13)15)11-8-18-19(2)14(11)16/h3-8H,16H2,1-2H3. The minimum atomic E-state index is 0.618. The molecular weight excluding hydrogens is 274 g/mol. The topological polar surface area (TPSA) is 61.7 Å². The van der Waals surface area contributed by atoms with E-state index in [4.69, 9.17) is 17.3 Å². The van der Waals surface area contributed by atoms with Gasteiger partial charge in [0.2, 0.25) is 0 Å². The molecule has 0 atom stereocenters. The third kappa shape index (κ3) is 1.96. The molecule has 0 fully saturated rings. The third-order valence-corrected chi connectivity index (χ3v) is 3.63. The summed E-state index contributed by atoms with van der Waals surface area (Å²) >= 11 is 6.39. The number of anilines is 1. The molecule has 6 heteroatoms. The van der Waals surface area contributed by atoms with Crippen LogP contribution in [0.4, 0.5) is 5.82 Å². The van der Waals surface area contributed by atoms with E-state index in [0.717, 1.165) is 22.6 Å². The lowest BCUT2D eigenvalue weighted by Gasteiger charge is -2.09. The molecule has 0 aliphatic heterocycles. The van der Waals surface area contributed by atoms with E-state index >= 15 is 0 Å². The van der Waals surface area contributed by atoms with Gasteiger partial charge in [-0.25, -0.2) is 4.98 Å². The van der Waals surface area contributed by atoms with Gasteiger partial charge in [-0.1, -0.05) is 17.7 Å². The Balaban J connectivity index is 2.08. The third-order valence-electron chi connectivity index (χ3n) is 3.33. The second-order valence-electron chi connectivity index (χ2n) is 4.58. The molecule has 0 spiro atoms. The van der Waals surface area contributed by atoms with Crippen LogP contribution in [0, 0.1) is 6.92 Å². The van der Waals surface area contributed by atoms with Crippen LogP contribution in [0.5, 0.6) is 0 Å². The molecule has 0 aliphatic carbocycles.